The van der Waals surface area contributed by atoms with Gasteiger partial charge in [-0.15, -0.1) is 0 Å². The average Bonchev–Trinajstić information content (AvgIpc) is 2.72. The molecule has 158 valence electrons. The molecule has 0 saturated heterocycles. The number of amidine groups is 1. The van der Waals surface area contributed by atoms with Gasteiger partial charge < -0.3 is 21.5 Å². The number of rotatable bonds is 10. The van der Waals surface area contributed by atoms with Crippen LogP contribution >= 0.6 is 0 Å². The molecule has 0 spiro atoms. The number of carboxylic acids is 1. The molecular formula is C21H25N5O4. The number of aryl methyl sites for hydroxylation is 1. The maximum Gasteiger partial charge on any atom is 0.305 e. The highest BCUT2D eigenvalue weighted by Crippen LogP contribution is 2.20. The van der Waals surface area contributed by atoms with Crippen molar-refractivity contribution in [2.45, 2.75) is 38.6 Å². The number of nitrogens with zero attached hydrogens (tertiary/aromatic N) is 1. The number of aliphatic carboxylic acids is 1. The van der Waals surface area contributed by atoms with Crippen LogP contribution in [0.25, 0.3) is 0 Å². The fourth-order valence-electron chi connectivity index (χ4n) is 2.93. The van der Waals surface area contributed by atoms with E-state index in [2.05, 4.69) is 15.6 Å². The highest BCUT2D eigenvalue weighted by Gasteiger charge is 2.21. The number of carbonyl (C=O) groups is 3. The minimum absolute atomic E-state index is 0.0617. The van der Waals surface area contributed by atoms with Crippen molar-refractivity contribution in [3.8, 4) is 0 Å². The van der Waals surface area contributed by atoms with Crippen molar-refractivity contribution < 1.29 is 19.5 Å². The van der Waals surface area contributed by atoms with Gasteiger partial charge in [0.15, 0.2) is 0 Å². The summed E-state index contributed by atoms with van der Waals surface area (Å²) >= 11 is 0. The lowest BCUT2D eigenvalue weighted by atomic mass is 10.0. The van der Waals surface area contributed by atoms with Crippen molar-refractivity contribution in [2.24, 2.45) is 5.73 Å². The zero-order valence-corrected chi connectivity index (χ0v) is 16.6. The van der Waals surface area contributed by atoms with Crippen LogP contribution in [0.5, 0.6) is 0 Å². The Labute approximate surface area is 174 Å². The number of aromatic nitrogens is 1. The lowest BCUT2D eigenvalue weighted by molar-refractivity contribution is -0.138. The molecule has 1 aromatic heterocycles. The van der Waals surface area contributed by atoms with Crippen LogP contribution < -0.4 is 16.4 Å². The van der Waals surface area contributed by atoms with Crippen LogP contribution in [0.15, 0.2) is 42.6 Å². The van der Waals surface area contributed by atoms with E-state index in [0.717, 1.165) is 5.69 Å². The standard InChI is InChI=1S/C21H25N5O4/c1-2-16-15(4-3-11-24-16)17(12-20(29)30)26-19(28)10-9-18(27)25-14-7-5-13(6-8-14)21(22)23/h3-8,11,17H,2,9-10,12H2,1H3,(H3,22,23)(H,25,27)(H,26,28)(H,29,30). The van der Waals surface area contributed by atoms with Crippen molar-refractivity contribution in [1.82, 2.24) is 10.3 Å². The molecule has 0 saturated carbocycles. The van der Waals surface area contributed by atoms with Crippen molar-refractivity contribution in [3.05, 3.63) is 59.4 Å². The molecule has 1 atom stereocenters. The van der Waals surface area contributed by atoms with E-state index in [0.29, 0.717) is 23.2 Å². The first-order chi connectivity index (χ1) is 14.3. The normalized spacial score (nSPS) is 11.4. The predicted octanol–water partition coefficient (Wildman–Crippen LogP) is 1.98. The molecule has 2 amide bonds. The summed E-state index contributed by atoms with van der Waals surface area (Å²) in [5, 5.41) is 21.9. The maximum absolute atomic E-state index is 12.3. The van der Waals surface area contributed by atoms with Crippen LogP contribution in [0.2, 0.25) is 0 Å². The van der Waals surface area contributed by atoms with Gasteiger partial charge in [-0.25, -0.2) is 0 Å². The van der Waals surface area contributed by atoms with Crippen LogP contribution in [-0.2, 0) is 20.8 Å². The van der Waals surface area contributed by atoms with Crippen molar-refractivity contribution in [3.63, 3.8) is 0 Å². The van der Waals surface area contributed by atoms with Crippen LogP contribution in [0, 0.1) is 5.41 Å². The minimum Gasteiger partial charge on any atom is -0.481 e. The highest BCUT2D eigenvalue weighted by molar-refractivity contribution is 5.96. The number of amides is 2. The van der Waals surface area contributed by atoms with Gasteiger partial charge in [0.1, 0.15) is 5.84 Å². The summed E-state index contributed by atoms with van der Waals surface area (Å²) in [5.41, 5.74) is 7.83. The third kappa shape index (κ3) is 6.69. The Morgan fingerprint density at radius 1 is 1.13 bits per heavy atom. The van der Waals surface area contributed by atoms with E-state index in [9.17, 15) is 19.5 Å². The monoisotopic (exact) mass is 411 g/mol. The van der Waals surface area contributed by atoms with E-state index in [-0.39, 0.29) is 31.0 Å². The zero-order chi connectivity index (χ0) is 22.1. The molecule has 30 heavy (non-hydrogen) atoms. The lowest BCUT2D eigenvalue weighted by Crippen LogP contribution is -2.31. The topological polar surface area (TPSA) is 158 Å². The van der Waals surface area contributed by atoms with Gasteiger partial charge in [-0.2, -0.15) is 0 Å². The van der Waals surface area contributed by atoms with Crippen molar-refractivity contribution in [1.29, 1.82) is 5.41 Å². The van der Waals surface area contributed by atoms with Gasteiger partial charge in [0.25, 0.3) is 0 Å². The summed E-state index contributed by atoms with van der Waals surface area (Å²) in [6.45, 7) is 1.90. The van der Waals surface area contributed by atoms with E-state index in [4.69, 9.17) is 11.1 Å². The predicted molar refractivity (Wildman–Crippen MR) is 112 cm³/mol. The molecule has 0 aliphatic rings. The third-order valence-corrected chi connectivity index (χ3v) is 4.41. The molecule has 6 N–H and O–H groups in total. The minimum atomic E-state index is -1.04. The number of hydrogen-bond acceptors (Lipinski definition) is 5. The summed E-state index contributed by atoms with van der Waals surface area (Å²) < 4.78 is 0. The number of nitrogen functional groups attached to an aromatic ring is 1. The number of benzene rings is 1. The molecule has 1 heterocycles. The second-order valence-corrected chi connectivity index (χ2v) is 6.65. The summed E-state index contributed by atoms with van der Waals surface area (Å²) in [7, 11) is 0. The third-order valence-electron chi connectivity index (χ3n) is 4.41. The summed E-state index contributed by atoms with van der Waals surface area (Å²) in [6.07, 6.45) is 1.80. The number of carbonyl (C=O) groups excluding carboxylic acids is 2. The highest BCUT2D eigenvalue weighted by atomic mass is 16.4. The van der Waals surface area contributed by atoms with Gasteiger partial charge in [0.05, 0.1) is 12.5 Å². The number of pyridine rings is 1. The molecule has 0 fully saturated rings. The van der Waals surface area contributed by atoms with E-state index in [1.807, 2.05) is 6.92 Å². The first kappa shape index (κ1) is 22.5. The Balaban J connectivity index is 1.94. The molecule has 1 unspecified atom stereocenters. The molecule has 0 radical (unpaired) electrons. The van der Waals surface area contributed by atoms with Gasteiger partial charge >= 0.3 is 5.97 Å². The van der Waals surface area contributed by atoms with E-state index >= 15 is 0 Å². The number of anilines is 1. The van der Waals surface area contributed by atoms with E-state index < -0.39 is 17.9 Å². The van der Waals surface area contributed by atoms with Gasteiger partial charge in [0.2, 0.25) is 11.8 Å². The Kier molecular flexibility index (Phi) is 8.04. The van der Waals surface area contributed by atoms with Gasteiger partial charge in [-0.3, -0.25) is 24.8 Å². The number of nitrogens with one attached hydrogen (secondary N) is 3. The lowest BCUT2D eigenvalue weighted by Gasteiger charge is -2.19. The van der Waals surface area contributed by atoms with Crippen LogP contribution in [0.3, 0.4) is 0 Å². The molecule has 9 heteroatoms. The van der Waals surface area contributed by atoms with Crippen LogP contribution in [-0.4, -0.2) is 33.7 Å². The second kappa shape index (κ2) is 10.7. The zero-order valence-electron chi connectivity index (χ0n) is 16.6. The number of carboxylic acid groups (broad SMARTS) is 1. The average molecular weight is 411 g/mol. The molecule has 2 aromatic rings. The van der Waals surface area contributed by atoms with E-state index in [1.165, 1.54) is 0 Å². The van der Waals surface area contributed by atoms with E-state index in [1.54, 1.807) is 42.6 Å². The van der Waals surface area contributed by atoms with Crippen molar-refractivity contribution >= 4 is 29.3 Å². The van der Waals surface area contributed by atoms with Gasteiger partial charge in [-0.1, -0.05) is 13.0 Å². The summed E-state index contributed by atoms with van der Waals surface area (Å²) in [5.74, 6) is -1.89. The molecule has 0 aliphatic carbocycles. The Bertz CT molecular complexity index is 927. The number of nitrogens with two attached hydrogens (primary N) is 1. The smallest absolute Gasteiger partial charge is 0.305 e. The molecule has 0 bridgehead atoms. The first-order valence-electron chi connectivity index (χ1n) is 9.49. The Morgan fingerprint density at radius 3 is 2.40 bits per heavy atom. The summed E-state index contributed by atoms with van der Waals surface area (Å²) in [4.78, 5) is 39.9. The fourth-order valence-corrected chi connectivity index (χ4v) is 2.93. The SMILES string of the molecule is CCc1ncccc1C(CC(=O)O)NC(=O)CCC(=O)Nc1ccc(C(=N)N)cc1. The quantitative estimate of drug-likeness (QED) is 0.297. The molecule has 0 aliphatic heterocycles. The van der Waals surface area contributed by atoms with Crippen molar-refractivity contribution in [2.75, 3.05) is 5.32 Å². The number of hydrogen-bond donors (Lipinski definition) is 5. The maximum atomic E-state index is 12.3. The van der Waals surface area contributed by atoms with Gasteiger partial charge in [-0.05, 0) is 42.3 Å². The first-order valence-corrected chi connectivity index (χ1v) is 9.49. The summed E-state index contributed by atoms with van der Waals surface area (Å²) in [6, 6.07) is 9.18. The van der Waals surface area contributed by atoms with Crippen LogP contribution in [0.4, 0.5) is 5.69 Å². The van der Waals surface area contributed by atoms with Gasteiger partial charge in [0, 0.05) is 36.0 Å². The fraction of sp³-hybridized carbons (Fsp3) is 0.286. The molecule has 1 aromatic carbocycles. The Morgan fingerprint density at radius 2 is 1.80 bits per heavy atom. The Hall–Kier alpha value is -3.75. The van der Waals surface area contributed by atoms with Crippen LogP contribution in [0.1, 0.15) is 49.0 Å². The molecule has 9 nitrogen and oxygen atoms in total. The largest absolute Gasteiger partial charge is 0.481 e. The molecule has 2 rings (SSSR count). The molecular weight excluding hydrogens is 386 g/mol. The second-order valence-electron chi connectivity index (χ2n) is 6.65.